The Hall–Kier alpha value is -1.60. The number of benzene rings is 1. The fraction of sp³-hybridized carbons (Fsp3) is 0.333. The summed E-state index contributed by atoms with van der Waals surface area (Å²) in [6.07, 6.45) is -0.0844. The van der Waals surface area contributed by atoms with Gasteiger partial charge in [-0.15, -0.1) is 0 Å². The first-order valence-electron chi connectivity index (χ1n) is 4.97. The maximum Gasteiger partial charge on any atom is 0.303 e. The summed E-state index contributed by atoms with van der Waals surface area (Å²) in [5.74, 6) is -1.50. The molecule has 0 saturated carbocycles. The molecule has 0 aromatic heterocycles. The molecule has 0 bridgehead atoms. The number of hydrogen-bond acceptors (Lipinski definition) is 2. The van der Waals surface area contributed by atoms with Crippen LogP contribution in [-0.4, -0.2) is 11.1 Å². The van der Waals surface area contributed by atoms with E-state index >= 15 is 0 Å². The van der Waals surface area contributed by atoms with Crippen LogP contribution in [0.5, 0.6) is 0 Å². The second kappa shape index (κ2) is 5.15. The summed E-state index contributed by atoms with van der Waals surface area (Å²) in [5, 5.41) is 18.0. The van der Waals surface area contributed by atoms with E-state index in [4.69, 9.17) is 22.0 Å². The number of nitriles is 1. The largest absolute Gasteiger partial charge is 0.481 e. The van der Waals surface area contributed by atoms with Crippen LogP contribution in [0.1, 0.15) is 25.3 Å². The van der Waals surface area contributed by atoms with E-state index in [1.54, 1.807) is 6.92 Å². The van der Waals surface area contributed by atoms with Crippen LogP contribution in [0.25, 0.3) is 0 Å². The van der Waals surface area contributed by atoms with E-state index in [0.29, 0.717) is 5.56 Å². The third kappa shape index (κ3) is 3.18. The van der Waals surface area contributed by atoms with Crippen LogP contribution in [0.15, 0.2) is 18.2 Å². The molecular weight excluding hydrogens is 245 g/mol. The van der Waals surface area contributed by atoms with Crippen LogP contribution in [0.3, 0.4) is 0 Å². The minimum atomic E-state index is -1.10. The van der Waals surface area contributed by atoms with Gasteiger partial charge >= 0.3 is 5.97 Å². The Morgan fingerprint density at radius 2 is 2.29 bits per heavy atom. The van der Waals surface area contributed by atoms with Gasteiger partial charge in [-0.25, -0.2) is 4.39 Å². The lowest BCUT2D eigenvalue weighted by Crippen LogP contribution is -2.21. The van der Waals surface area contributed by atoms with Crippen LogP contribution in [-0.2, 0) is 10.2 Å². The van der Waals surface area contributed by atoms with Crippen molar-refractivity contribution in [3.8, 4) is 6.07 Å². The summed E-state index contributed by atoms with van der Waals surface area (Å²) in [7, 11) is 0. The summed E-state index contributed by atoms with van der Waals surface area (Å²) in [6.45, 7) is 1.55. The summed E-state index contributed by atoms with van der Waals surface area (Å²) in [5.41, 5.74) is -0.777. The molecule has 1 N–H and O–H groups in total. The molecule has 17 heavy (non-hydrogen) atoms. The zero-order valence-electron chi connectivity index (χ0n) is 9.20. The molecule has 0 saturated heterocycles. The van der Waals surface area contributed by atoms with Gasteiger partial charge in [-0.3, -0.25) is 4.79 Å². The van der Waals surface area contributed by atoms with Gasteiger partial charge in [0.15, 0.2) is 0 Å². The summed E-state index contributed by atoms with van der Waals surface area (Å²) in [4.78, 5) is 10.5. The maximum absolute atomic E-state index is 13.1. The first-order valence-corrected chi connectivity index (χ1v) is 5.35. The maximum atomic E-state index is 13.1. The number of halogens is 2. The lowest BCUT2D eigenvalue weighted by molar-refractivity contribution is -0.137. The van der Waals surface area contributed by atoms with E-state index in [1.165, 1.54) is 18.2 Å². The zero-order chi connectivity index (χ0) is 13.1. The molecular formula is C12H11ClFNO2. The Bertz CT molecular complexity index is 484. The van der Waals surface area contributed by atoms with E-state index in [2.05, 4.69) is 0 Å². The SMILES string of the molecule is CC(C#N)(CCC(=O)O)c1cc(F)ccc1Cl. The number of carboxylic acids is 1. The van der Waals surface area contributed by atoms with Crippen molar-refractivity contribution < 1.29 is 14.3 Å². The molecule has 0 aliphatic carbocycles. The van der Waals surface area contributed by atoms with Crippen LogP contribution in [0.4, 0.5) is 4.39 Å². The van der Waals surface area contributed by atoms with Crippen molar-refractivity contribution in [3.63, 3.8) is 0 Å². The van der Waals surface area contributed by atoms with Gasteiger partial charge in [-0.1, -0.05) is 11.6 Å². The standard InChI is InChI=1S/C12H11ClFNO2/c1-12(7-15,5-4-11(16)17)9-6-8(14)2-3-10(9)13/h2-3,6H,4-5H2,1H3,(H,16,17). The van der Waals surface area contributed by atoms with E-state index in [1.807, 2.05) is 6.07 Å². The minimum Gasteiger partial charge on any atom is -0.481 e. The second-order valence-electron chi connectivity index (χ2n) is 3.96. The van der Waals surface area contributed by atoms with E-state index in [0.717, 1.165) is 0 Å². The van der Waals surface area contributed by atoms with Gasteiger partial charge in [0.05, 0.1) is 11.5 Å². The normalized spacial score (nSPS) is 13.8. The molecule has 0 aliphatic heterocycles. The quantitative estimate of drug-likeness (QED) is 0.899. The Morgan fingerprint density at radius 1 is 1.65 bits per heavy atom. The van der Waals surface area contributed by atoms with Crippen LogP contribution >= 0.6 is 11.6 Å². The van der Waals surface area contributed by atoms with Gasteiger partial charge in [0.2, 0.25) is 0 Å². The number of aliphatic carboxylic acids is 1. The molecule has 3 nitrogen and oxygen atoms in total. The second-order valence-corrected chi connectivity index (χ2v) is 4.37. The first-order chi connectivity index (χ1) is 7.89. The van der Waals surface area contributed by atoms with Crippen molar-refractivity contribution in [2.24, 2.45) is 0 Å². The molecule has 0 aliphatic rings. The fourth-order valence-corrected chi connectivity index (χ4v) is 1.85. The molecule has 0 amide bonds. The molecule has 0 spiro atoms. The minimum absolute atomic E-state index is 0.0853. The molecule has 0 heterocycles. The van der Waals surface area contributed by atoms with Crippen LogP contribution in [0, 0.1) is 17.1 Å². The van der Waals surface area contributed by atoms with E-state index in [-0.39, 0.29) is 17.9 Å². The zero-order valence-corrected chi connectivity index (χ0v) is 9.96. The predicted octanol–water partition coefficient (Wildman–Crippen LogP) is 3.13. The van der Waals surface area contributed by atoms with Crippen molar-refractivity contribution in [2.75, 3.05) is 0 Å². The number of carbonyl (C=O) groups is 1. The lowest BCUT2D eigenvalue weighted by Gasteiger charge is -2.22. The molecule has 0 fully saturated rings. The van der Waals surface area contributed by atoms with Gasteiger partial charge < -0.3 is 5.11 Å². The van der Waals surface area contributed by atoms with Crippen LogP contribution < -0.4 is 0 Å². The highest BCUT2D eigenvalue weighted by molar-refractivity contribution is 6.31. The monoisotopic (exact) mass is 255 g/mol. The Labute approximate surface area is 103 Å². The highest BCUT2D eigenvalue weighted by Crippen LogP contribution is 2.34. The van der Waals surface area contributed by atoms with E-state index in [9.17, 15) is 9.18 Å². The van der Waals surface area contributed by atoms with Gasteiger partial charge in [-0.2, -0.15) is 5.26 Å². The number of nitrogens with zero attached hydrogens (tertiary/aromatic N) is 1. The molecule has 1 aromatic carbocycles. The summed E-state index contributed by atoms with van der Waals surface area (Å²) >= 11 is 5.91. The molecule has 1 unspecified atom stereocenters. The van der Waals surface area contributed by atoms with Crippen molar-refractivity contribution in [1.82, 2.24) is 0 Å². The number of hydrogen-bond donors (Lipinski definition) is 1. The van der Waals surface area contributed by atoms with Gasteiger partial charge in [0, 0.05) is 11.4 Å². The Morgan fingerprint density at radius 3 is 2.82 bits per heavy atom. The Kier molecular flexibility index (Phi) is 4.08. The molecule has 1 aromatic rings. The van der Waals surface area contributed by atoms with Gasteiger partial charge in [-0.05, 0) is 37.1 Å². The summed E-state index contributed by atoms with van der Waals surface area (Å²) < 4.78 is 13.1. The highest BCUT2D eigenvalue weighted by Gasteiger charge is 2.29. The van der Waals surface area contributed by atoms with Crippen molar-refractivity contribution in [3.05, 3.63) is 34.6 Å². The molecule has 90 valence electrons. The van der Waals surface area contributed by atoms with Gasteiger partial charge in [0.1, 0.15) is 5.82 Å². The lowest BCUT2D eigenvalue weighted by atomic mass is 9.80. The molecule has 1 atom stereocenters. The topological polar surface area (TPSA) is 61.1 Å². The molecule has 1 rings (SSSR count). The van der Waals surface area contributed by atoms with Gasteiger partial charge in [0.25, 0.3) is 0 Å². The number of carboxylic acid groups (broad SMARTS) is 1. The molecule has 5 heteroatoms. The molecule has 0 radical (unpaired) electrons. The predicted molar refractivity (Wildman–Crippen MR) is 61.2 cm³/mol. The van der Waals surface area contributed by atoms with Crippen molar-refractivity contribution in [1.29, 1.82) is 5.26 Å². The summed E-state index contributed by atoms with van der Waals surface area (Å²) in [6, 6.07) is 5.74. The van der Waals surface area contributed by atoms with Crippen molar-refractivity contribution >= 4 is 17.6 Å². The third-order valence-corrected chi connectivity index (χ3v) is 2.94. The average Bonchev–Trinajstić information content (AvgIpc) is 2.29. The third-order valence-electron chi connectivity index (χ3n) is 2.61. The van der Waals surface area contributed by atoms with Crippen LogP contribution in [0.2, 0.25) is 5.02 Å². The highest BCUT2D eigenvalue weighted by atomic mass is 35.5. The van der Waals surface area contributed by atoms with E-state index < -0.39 is 17.2 Å². The Balaban J connectivity index is 3.12. The van der Waals surface area contributed by atoms with Crippen molar-refractivity contribution in [2.45, 2.75) is 25.2 Å². The smallest absolute Gasteiger partial charge is 0.303 e. The first kappa shape index (κ1) is 13.5. The fourth-order valence-electron chi connectivity index (χ4n) is 1.53. The number of rotatable bonds is 4. The average molecular weight is 256 g/mol.